The molecule has 0 bridgehead atoms. The highest BCUT2D eigenvalue weighted by molar-refractivity contribution is 6.08. The van der Waals surface area contributed by atoms with Gasteiger partial charge < -0.3 is 28.8 Å². The molecule has 1 atom stereocenters. The van der Waals surface area contributed by atoms with E-state index in [9.17, 15) is 24.3 Å². The molecule has 0 saturated carbocycles. The summed E-state index contributed by atoms with van der Waals surface area (Å²) in [7, 11) is 1.21. The number of carbonyl (C=O) groups is 4. The van der Waals surface area contributed by atoms with E-state index < -0.39 is 23.3 Å². The number of fused-ring (bicyclic) bond motifs is 1. The molecule has 0 amide bonds. The first-order valence-electron chi connectivity index (χ1n) is 15.2. The summed E-state index contributed by atoms with van der Waals surface area (Å²) >= 11 is 0. The van der Waals surface area contributed by atoms with Crippen LogP contribution in [0.15, 0.2) is 24.3 Å². The van der Waals surface area contributed by atoms with E-state index in [1.165, 1.54) is 14.0 Å². The number of phenolic OH excluding ortho intramolecular Hbond substituents is 1. The molecule has 0 radical (unpaired) electrons. The number of aromatic hydroxyl groups is 1. The molecule has 2 aromatic rings. The number of carbonyl (C=O) groups excluding carboxylic acids is 4. The van der Waals surface area contributed by atoms with Crippen molar-refractivity contribution >= 4 is 23.5 Å². The van der Waals surface area contributed by atoms with Gasteiger partial charge in [-0.15, -0.1) is 0 Å². The van der Waals surface area contributed by atoms with E-state index >= 15 is 0 Å². The third kappa shape index (κ3) is 7.70. The second-order valence-electron chi connectivity index (χ2n) is 11.1. The van der Waals surface area contributed by atoms with Gasteiger partial charge in [0.05, 0.1) is 38.9 Å². The lowest BCUT2D eigenvalue weighted by Crippen LogP contribution is -2.54. The molecule has 0 aromatic heterocycles. The molecule has 1 aliphatic heterocycles. The Bertz CT molecular complexity index is 1360. The second kappa shape index (κ2) is 15.6. The highest BCUT2D eigenvalue weighted by Gasteiger charge is 2.51. The predicted octanol–water partition coefficient (Wildman–Crippen LogP) is 5.67. The first-order valence-corrected chi connectivity index (χ1v) is 15.2. The van der Waals surface area contributed by atoms with E-state index in [4.69, 9.17) is 23.7 Å². The summed E-state index contributed by atoms with van der Waals surface area (Å²) in [6.07, 6.45) is 2.01. The van der Waals surface area contributed by atoms with Gasteiger partial charge in [0.2, 0.25) is 0 Å². The number of ketones is 2. The van der Waals surface area contributed by atoms with Crippen LogP contribution in [0.2, 0.25) is 0 Å². The van der Waals surface area contributed by atoms with Crippen LogP contribution in [-0.4, -0.2) is 61.1 Å². The summed E-state index contributed by atoms with van der Waals surface area (Å²) in [5.41, 5.74) is 0.600. The molecule has 10 heteroatoms. The minimum Gasteiger partial charge on any atom is -0.507 e. The van der Waals surface area contributed by atoms with Crippen molar-refractivity contribution in [1.82, 2.24) is 0 Å². The highest BCUT2D eigenvalue weighted by atomic mass is 16.6. The largest absolute Gasteiger partial charge is 0.507 e. The number of phenols is 1. The van der Waals surface area contributed by atoms with Gasteiger partial charge in [-0.25, -0.2) is 4.79 Å². The predicted molar refractivity (Wildman–Crippen MR) is 163 cm³/mol. The van der Waals surface area contributed by atoms with Crippen LogP contribution in [-0.2, 0) is 36.7 Å². The Kier molecular flexibility index (Phi) is 12.2. The lowest BCUT2D eigenvalue weighted by molar-refractivity contribution is -0.167. The third-order valence-corrected chi connectivity index (χ3v) is 7.59. The van der Waals surface area contributed by atoms with Crippen molar-refractivity contribution in [3.8, 4) is 23.0 Å². The first-order chi connectivity index (χ1) is 21.0. The van der Waals surface area contributed by atoms with Gasteiger partial charge in [-0.3, -0.25) is 14.4 Å². The van der Waals surface area contributed by atoms with Gasteiger partial charge in [0.1, 0.15) is 23.0 Å². The van der Waals surface area contributed by atoms with Crippen molar-refractivity contribution < 1.29 is 48.0 Å². The Balaban J connectivity index is 1.75. The monoisotopic (exact) mass is 612 g/mol. The topological polar surface area (TPSA) is 135 Å². The number of aryl methyl sites for hydroxylation is 1. The van der Waals surface area contributed by atoms with E-state index in [-0.39, 0.29) is 48.9 Å². The molecular formula is C34H44O10. The van der Waals surface area contributed by atoms with Crippen LogP contribution in [0.25, 0.3) is 0 Å². The Morgan fingerprint density at radius 3 is 2.30 bits per heavy atom. The normalized spacial score (nSPS) is 15.6. The third-order valence-electron chi connectivity index (χ3n) is 7.59. The molecule has 1 unspecified atom stereocenters. The van der Waals surface area contributed by atoms with Crippen molar-refractivity contribution in [2.75, 3.05) is 26.9 Å². The lowest BCUT2D eigenvalue weighted by atomic mass is 9.84. The second-order valence-corrected chi connectivity index (χ2v) is 11.1. The zero-order valence-corrected chi connectivity index (χ0v) is 26.6. The Labute approximate surface area is 259 Å². The van der Waals surface area contributed by atoms with Crippen molar-refractivity contribution in [3.63, 3.8) is 0 Å². The number of esters is 2. The van der Waals surface area contributed by atoms with Crippen molar-refractivity contribution in [3.05, 3.63) is 46.5 Å². The van der Waals surface area contributed by atoms with Gasteiger partial charge in [0.25, 0.3) is 5.60 Å². The summed E-state index contributed by atoms with van der Waals surface area (Å²) in [5, 5.41) is 10.6. The molecule has 0 spiro atoms. The molecular weight excluding hydrogens is 568 g/mol. The van der Waals surface area contributed by atoms with E-state index in [0.717, 1.165) is 17.5 Å². The zero-order chi connectivity index (χ0) is 32.4. The Hall–Kier alpha value is -4.08. The van der Waals surface area contributed by atoms with E-state index in [0.29, 0.717) is 55.3 Å². The summed E-state index contributed by atoms with van der Waals surface area (Å²) in [4.78, 5) is 50.1. The number of benzene rings is 2. The fourth-order valence-electron chi connectivity index (χ4n) is 5.39. The zero-order valence-electron chi connectivity index (χ0n) is 26.6. The Morgan fingerprint density at radius 2 is 1.68 bits per heavy atom. The maximum atomic E-state index is 13.4. The number of ether oxygens (including phenoxy) is 5. The summed E-state index contributed by atoms with van der Waals surface area (Å²) in [6, 6.07) is 7.01. The van der Waals surface area contributed by atoms with Crippen LogP contribution in [0.3, 0.4) is 0 Å². The van der Waals surface area contributed by atoms with Crippen LogP contribution in [0, 0.1) is 0 Å². The maximum absolute atomic E-state index is 13.4. The van der Waals surface area contributed by atoms with Gasteiger partial charge in [0, 0.05) is 30.4 Å². The van der Waals surface area contributed by atoms with Gasteiger partial charge in [-0.05, 0) is 56.4 Å². The van der Waals surface area contributed by atoms with Crippen LogP contribution in [0.5, 0.6) is 23.0 Å². The number of hydrogen-bond acceptors (Lipinski definition) is 10. The van der Waals surface area contributed by atoms with E-state index in [1.54, 1.807) is 19.1 Å². The average Bonchev–Trinajstić information content (AvgIpc) is 2.99. The molecule has 0 saturated heterocycles. The summed E-state index contributed by atoms with van der Waals surface area (Å²) in [5.74, 6) is -0.643. The van der Waals surface area contributed by atoms with E-state index in [1.807, 2.05) is 32.9 Å². The molecule has 1 aliphatic rings. The number of rotatable bonds is 16. The average molecular weight is 613 g/mol. The first kappa shape index (κ1) is 34.4. The van der Waals surface area contributed by atoms with Gasteiger partial charge >= 0.3 is 11.9 Å². The smallest absolute Gasteiger partial charge is 0.358 e. The fourth-order valence-corrected chi connectivity index (χ4v) is 5.39. The van der Waals surface area contributed by atoms with Crippen LogP contribution >= 0.6 is 0 Å². The molecule has 240 valence electrons. The quantitative estimate of drug-likeness (QED) is 0.109. The molecule has 0 aliphatic carbocycles. The van der Waals surface area contributed by atoms with E-state index in [2.05, 4.69) is 0 Å². The molecule has 10 nitrogen and oxygen atoms in total. The van der Waals surface area contributed by atoms with Crippen LogP contribution < -0.4 is 14.2 Å². The van der Waals surface area contributed by atoms with Crippen molar-refractivity contribution in [2.24, 2.45) is 0 Å². The van der Waals surface area contributed by atoms with Gasteiger partial charge in [-0.1, -0.05) is 33.3 Å². The standard InChI is InChI=1S/C34H44O10/c1-7-10-25-26(42-19-9-20-43-27-14-12-24(22(5)35)31(38)30(27)21(3)4)13-11-23-17-18-34(33(39)40-6,44-32(23)25)28(36)15-16-29(37)41-8-2/h11-14,21,38H,7-10,15-20H2,1-6H3. The Morgan fingerprint density at radius 1 is 1.00 bits per heavy atom. The van der Waals surface area contributed by atoms with Crippen LogP contribution in [0.1, 0.15) is 99.7 Å². The van der Waals surface area contributed by atoms with Crippen molar-refractivity contribution in [2.45, 2.75) is 91.1 Å². The molecule has 1 heterocycles. The lowest BCUT2D eigenvalue weighted by Gasteiger charge is -2.36. The summed E-state index contributed by atoms with van der Waals surface area (Å²) in [6.45, 7) is 9.77. The number of hydrogen-bond donors (Lipinski definition) is 1. The van der Waals surface area contributed by atoms with Crippen molar-refractivity contribution in [1.29, 1.82) is 0 Å². The molecule has 1 N–H and O–H groups in total. The number of Topliss-reactive ketones (excluding diaryl/α,β-unsaturated/α-hetero) is 2. The van der Waals surface area contributed by atoms with Crippen LogP contribution in [0.4, 0.5) is 0 Å². The minimum atomic E-state index is -1.86. The SMILES string of the molecule is CCCc1c(OCCCOc2ccc(C(C)=O)c(O)c2C(C)C)ccc2c1OC(C(=O)CCC(=O)OCC)(C(=O)OC)CC2. The number of methoxy groups -OCH3 is 1. The maximum Gasteiger partial charge on any atom is 0.358 e. The fraction of sp³-hybridized carbons (Fsp3) is 0.529. The highest BCUT2D eigenvalue weighted by Crippen LogP contribution is 2.42. The molecule has 3 rings (SSSR count). The minimum absolute atomic E-state index is 0.0538. The molecule has 0 fully saturated rings. The van der Waals surface area contributed by atoms with Gasteiger partial charge in [-0.2, -0.15) is 0 Å². The van der Waals surface area contributed by atoms with Gasteiger partial charge in [0.15, 0.2) is 11.6 Å². The molecule has 44 heavy (non-hydrogen) atoms. The molecule has 2 aromatic carbocycles. The summed E-state index contributed by atoms with van der Waals surface area (Å²) < 4.78 is 28.4.